The van der Waals surface area contributed by atoms with Crippen molar-refractivity contribution in [2.75, 3.05) is 6.54 Å². The van der Waals surface area contributed by atoms with Crippen LogP contribution in [0.3, 0.4) is 0 Å². The van der Waals surface area contributed by atoms with Crippen molar-refractivity contribution in [3.05, 3.63) is 50.1 Å². The van der Waals surface area contributed by atoms with Crippen molar-refractivity contribution in [1.82, 2.24) is 10.0 Å². The van der Waals surface area contributed by atoms with Crippen molar-refractivity contribution in [1.29, 1.82) is 0 Å². The van der Waals surface area contributed by atoms with Gasteiger partial charge in [0.2, 0.25) is 10.0 Å². The quantitative estimate of drug-likeness (QED) is 0.667. The molecule has 3 rings (SSSR count). The molecule has 2 aromatic rings. The fourth-order valence-electron chi connectivity index (χ4n) is 3.08. The molecule has 2 N–H and O–H groups in total. The lowest BCUT2D eigenvalue weighted by molar-refractivity contribution is 0.0954. The molecule has 9 heteroatoms. The third-order valence-corrected chi connectivity index (χ3v) is 7.70. The number of benzene rings is 1. The fraction of sp³-hybridized carbons (Fsp3) is 0.389. The van der Waals surface area contributed by atoms with E-state index in [1.54, 1.807) is 11.3 Å². The minimum atomic E-state index is -3.82. The van der Waals surface area contributed by atoms with Crippen LogP contribution in [-0.4, -0.2) is 26.9 Å². The van der Waals surface area contributed by atoms with Crippen LogP contribution < -0.4 is 10.0 Å². The van der Waals surface area contributed by atoms with Gasteiger partial charge in [-0.3, -0.25) is 4.79 Å². The summed E-state index contributed by atoms with van der Waals surface area (Å²) in [5, 5.41) is 4.87. The van der Waals surface area contributed by atoms with E-state index in [9.17, 15) is 13.2 Å². The van der Waals surface area contributed by atoms with Crippen LogP contribution in [0.1, 0.15) is 40.9 Å². The van der Waals surface area contributed by atoms with Crippen molar-refractivity contribution in [3.63, 3.8) is 0 Å². The van der Waals surface area contributed by atoms with Gasteiger partial charge in [-0.25, -0.2) is 13.1 Å². The molecular weight excluding hydrogens is 427 g/mol. The topological polar surface area (TPSA) is 75.3 Å². The lowest BCUT2D eigenvalue weighted by Crippen LogP contribution is -2.33. The Balaban J connectivity index is 1.75. The summed E-state index contributed by atoms with van der Waals surface area (Å²) in [5.74, 6) is -0.425. The summed E-state index contributed by atoms with van der Waals surface area (Å²) in [7, 11) is -3.82. The molecule has 0 spiro atoms. The predicted octanol–water partition coefficient (Wildman–Crippen LogP) is 4.25. The zero-order chi connectivity index (χ0) is 19.4. The van der Waals surface area contributed by atoms with Crippen molar-refractivity contribution >= 4 is 50.5 Å². The number of amides is 1. The molecule has 0 bridgehead atoms. The van der Waals surface area contributed by atoms with Gasteiger partial charge in [0.15, 0.2) is 0 Å². The second-order valence-electron chi connectivity index (χ2n) is 6.45. The van der Waals surface area contributed by atoms with Crippen LogP contribution in [0.4, 0.5) is 0 Å². The number of sulfonamides is 1. The lowest BCUT2D eigenvalue weighted by atomic mass is 10.2. The van der Waals surface area contributed by atoms with Crippen molar-refractivity contribution in [2.45, 2.75) is 43.0 Å². The Bertz CT molecular complexity index is 909. The molecule has 1 aromatic carbocycles. The Morgan fingerprint density at radius 1 is 1.19 bits per heavy atom. The van der Waals surface area contributed by atoms with E-state index in [4.69, 9.17) is 23.2 Å². The number of carbonyl (C=O) groups excluding carboxylic acids is 1. The number of carbonyl (C=O) groups is 1. The highest BCUT2D eigenvalue weighted by atomic mass is 35.5. The Hall–Kier alpha value is -1.12. The van der Waals surface area contributed by atoms with E-state index in [0.717, 1.165) is 30.6 Å². The third kappa shape index (κ3) is 5.23. The van der Waals surface area contributed by atoms with Gasteiger partial charge in [0.1, 0.15) is 4.90 Å². The molecule has 1 saturated carbocycles. The number of hydrogen-bond donors (Lipinski definition) is 2. The van der Waals surface area contributed by atoms with Crippen LogP contribution in [0.2, 0.25) is 10.0 Å². The molecule has 0 saturated heterocycles. The SMILES string of the molecule is O=C(NCCc1cccs1)c1cc(S(=O)(=O)NC2CCCC2)c(Cl)cc1Cl. The van der Waals surface area contributed by atoms with Gasteiger partial charge in [0.25, 0.3) is 5.91 Å². The van der Waals surface area contributed by atoms with E-state index in [1.807, 2.05) is 17.5 Å². The van der Waals surface area contributed by atoms with E-state index >= 15 is 0 Å². The Labute approximate surface area is 173 Å². The van der Waals surface area contributed by atoms with E-state index in [-0.39, 0.29) is 26.5 Å². The first-order chi connectivity index (χ1) is 12.9. The molecule has 0 radical (unpaired) electrons. The Morgan fingerprint density at radius 2 is 1.93 bits per heavy atom. The van der Waals surface area contributed by atoms with Gasteiger partial charge in [0, 0.05) is 17.5 Å². The molecule has 1 aliphatic carbocycles. The summed E-state index contributed by atoms with van der Waals surface area (Å²) in [6, 6.07) is 6.41. The molecule has 0 atom stereocenters. The molecule has 0 unspecified atom stereocenters. The van der Waals surface area contributed by atoms with E-state index in [1.165, 1.54) is 12.1 Å². The van der Waals surface area contributed by atoms with Crippen molar-refractivity contribution < 1.29 is 13.2 Å². The van der Waals surface area contributed by atoms with Crippen LogP contribution >= 0.6 is 34.5 Å². The molecule has 0 aliphatic heterocycles. The number of halogens is 2. The molecule has 1 heterocycles. The average molecular weight is 447 g/mol. The van der Waals surface area contributed by atoms with Crippen molar-refractivity contribution in [3.8, 4) is 0 Å². The maximum atomic E-state index is 12.7. The maximum Gasteiger partial charge on any atom is 0.252 e. The summed E-state index contributed by atoms with van der Waals surface area (Å²) in [6.07, 6.45) is 4.31. The fourth-order valence-corrected chi connectivity index (χ4v) is 5.96. The molecule has 5 nitrogen and oxygen atoms in total. The van der Waals surface area contributed by atoms with E-state index in [2.05, 4.69) is 10.0 Å². The lowest BCUT2D eigenvalue weighted by Gasteiger charge is -2.15. The Kier molecular flexibility index (Phi) is 6.81. The summed E-state index contributed by atoms with van der Waals surface area (Å²) >= 11 is 13.9. The molecule has 1 aromatic heterocycles. The van der Waals surface area contributed by atoms with Crippen LogP contribution in [0.5, 0.6) is 0 Å². The van der Waals surface area contributed by atoms with Crippen LogP contribution in [0.25, 0.3) is 0 Å². The minimum Gasteiger partial charge on any atom is -0.352 e. The van der Waals surface area contributed by atoms with Gasteiger partial charge in [0.05, 0.1) is 15.6 Å². The molecule has 1 amide bonds. The number of rotatable bonds is 7. The molecule has 146 valence electrons. The highest BCUT2D eigenvalue weighted by molar-refractivity contribution is 7.89. The molecule has 27 heavy (non-hydrogen) atoms. The van der Waals surface area contributed by atoms with Crippen LogP contribution in [0.15, 0.2) is 34.5 Å². The zero-order valence-corrected chi connectivity index (χ0v) is 17.6. The van der Waals surface area contributed by atoms with Gasteiger partial charge in [-0.1, -0.05) is 42.1 Å². The smallest absolute Gasteiger partial charge is 0.252 e. The molecule has 1 aliphatic rings. The predicted molar refractivity (Wildman–Crippen MR) is 109 cm³/mol. The van der Waals surface area contributed by atoms with E-state index in [0.29, 0.717) is 13.0 Å². The summed E-state index contributed by atoms with van der Waals surface area (Å²) in [6.45, 7) is 0.431. The number of thiophene rings is 1. The zero-order valence-electron chi connectivity index (χ0n) is 14.5. The van der Waals surface area contributed by atoms with Crippen LogP contribution in [0, 0.1) is 0 Å². The normalized spacial score (nSPS) is 15.2. The second-order valence-corrected chi connectivity index (χ2v) is 9.98. The monoisotopic (exact) mass is 446 g/mol. The standard InChI is InChI=1S/C18H20Cl2N2O3S2/c19-15-11-16(20)17(27(24,25)22-12-4-1-2-5-12)10-14(15)18(23)21-8-7-13-6-3-9-26-13/h3,6,9-12,22H,1-2,4-5,7-8H2,(H,21,23). The number of hydrogen-bond acceptors (Lipinski definition) is 4. The minimum absolute atomic E-state index is 0.000586. The van der Waals surface area contributed by atoms with Gasteiger partial charge in [-0.2, -0.15) is 0 Å². The largest absolute Gasteiger partial charge is 0.352 e. The second kappa shape index (κ2) is 8.92. The summed E-state index contributed by atoms with van der Waals surface area (Å²) < 4.78 is 28.1. The van der Waals surface area contributed by atoms with Gasteiger partial charge in [-0.05, 0) is 42.8 Å². The molecule has 1 fully saturated rings. The van der Waals surface area contributed by atoms with Crippen LogP contribution in [-0.2, 0) is 16.4 Å². The first-order valence-electron chi connectivity index (χ1n) is 8.69. The first-order valence-corrected chi connectivity index (χ1v) is 11.8. The average Bonchev–Trinajstić information content (AvgIpc) is 3.28. The summed E-state index contributed by atoms with van der Waals surface area (Å²) in [5.41, 5.74) is 0.0963. The van der Waals surface area contributed by atoms with Gasteiger partial charge in [-0.15, -0.1) is 11.3 Å². The highest BCUT2D eigenvalue weighted by Gasteiger charge is 2.26. The third-order valence-electron chi connectivity index (χ3n) is 4.47. The maximum absolute atomic E-state index is 12.7. The van der Waals surface area contributed by atoms with Gasteiger partial charge < -0.3 is 5.32 Å². The highest BCUT2D eigenvalue weighted by Crippen LogP contribution is 2.30. The number of nitrogens with one attached hydrogen (secondary N) is 2. The first kappa shape index (κ1) is 20.6. The summed E-state index contributed by atoms with van der Waals surface area (Å²) in [4.78, 5) is 13.5. The molecular formula is C18H20Cl2N2O3S2. The van der Waals surface area contributed by atoms with E-state index < -0.39 is 15.9 Å². The Morgan fingerprint density at radius 3 is 2.59 bits per heavy atom. The van der Waals surface area contributed by atoms with Gasteiger partial charge >= 0.3 is 0 Å². The van der Waals surface area contributed by atoms with Crippen molar-refractivity contribution in [2.24, 2.45) is 0 Å².